The van der Waals surface area contributed by atoms with E-state index in [2.05, 4.69) is 15.2 Å². The highest BCUT2D eigenvalue weighted by Gasteiger charge is 2.23. The quantitative estimate of drug-likeness (QED) is 0.844. The van der Waals surface area contributed by atoms with Gasteiger partial charge in [0, 0.05) is 47.6 Å². The number of morpholine rings is 1. The van der Waals surface area contributed by atoms with Gasteiger partial charge in [-0.05, 0) is 36.2 Å². The summed E-state index contributed by atoms with van der Waals surface area (Å²) in [7, 11) is 0. The van der Waals surface area contributed by atoms with Gasteiger partial charge in [0.1, 0.15) is 0 Å². The lowest BCUT2D eigenvalue weighted by molar-refractivity contribution is 0.0161. The number of hydrogen-bond acceptors (Lipinski definition) is 4. The summed E-state index contributed by atoms with van der Waals surface area (Å²) in [5, 5.41) is 3.97. The smallest absolute Gasteiger partial charge is 0.251 e. The van der Waals surface area contributed by atoms with Crippen molar-refractivity contribution in [3.05, 3.63) is 63.4 Å². The van der Waals surface area contributed by atoms with Crippen molar-refractivity contribution in [3.63, 3.8) is 0 Å². The summed E-state index contributed by atoms with van der Waals surface area (Å²) < 4.78 is 5.44. The Morgan fingerprint density at radius 3 is 2.62 bits per heavy atom. The number of carbonyl (C=O) groups excluding carboxylic acids is 1. The molecule has 0 aliphatic carbocycles. The number of nitrogens with zero attached hydrogens (tertiary/aromatic N) is 2. The Morgan fingerprint density at radius 2 is 2.00 bits per heavy atom. The van der Waals surface area contributed by atoms with Gasteiger partial charge in [-0.15, -0.1) is 0 Å². The maximum Gasteiger partial charge on any atom is 0.251 e. The minimum absolute atomic E-state index is 0.0351. The first kappa shape index (κ1) is 19.1. The first-order valence-corrected chi connectivity index (χ1v) is 9.27. The molecule has 1 fully saturated rings. The van der Waals surface area contributed by atoms with E-state index in [1.165, 1.54) is 0 Å². The molecule has 0 bridgehead atoms. The van der Waals surface area contributed by atoms with Crippen LogP contribution in [0.4, 0.5) is 0 Å². The van der Waals surface area contributed by atoms with E-state index in [0.717, 1.165) is 24.2 Å². The van der Waals surface area contributed by atoms with E-state index >= 15 is 0 Å². The van der Waals surface area contributed by atoms with Crippen LogP contribution in [0, 0.1) is 6.92 Å². The van der Waals surface area contributed by atoms with Gasteiger partial charge in [-0.25, -0.2) is 0 Å². The second kappa shape index (κ2) is 8.82. The number of benzene rings is 1. The van der Waals surface area contributed by atoms with E-state index in [-0.39, 0.29) is 11.9 Å². The molecule has 7 heteroatoms. The van der Waals surface area contributed by atoms with E-state index in [0.29, 0.717) is 35.4 Å². The van der Waals surface area contributed by atoms with Crippen LogP contribution in [0.25, 0.3) is 0 Å². The Hall–Kier alpha value is -1.66. The lowest BCUT2D eigenvalue weighted by atomic mass is 10.1. The van der Waals surface area contributed by atoms with Gasteiger partial charge in [0.05, 0.1) is 19.3 Å². The Kier molecular flexibility index (Phi) is 6.48. The normalized spacial score (nSPS) is 16.3. The minimum atomic E-state index is -0.198. The van der Waals surface area contributed by atoms with Crippen molar-refractivity contribution in [2.24, 2.45) is 0 Å². The van der Waals surface area contributed by atoms with E-state index in [4.69, 9.17) is 27.9 Å². The van der Waals surface area contributed by atoms with Gasteiger partial charge in [0.25, 0.3) is 5.91 Å². The van der Waals surface area contributed by atoms with Crippen LogP contribution in [0.2, 0.25) is 10.0 Å². The van der Waals surface area contributed by atoms with E-state index < -0.39 is 0 Å². The fourth-order valence-corrected chi connectivity index (χ4v) is 3.47. The zero-order chi connectivity index (χ0) is 18.5. The van der Waals surface area contributed by atoms with Crippen LogP contribution < -0.4 is 5.32 Å². The second-order valence-electron chi connectivity index (χ2n) is 6.23. The van der Waals surface area contributed by atoms with Crippen molar-refractivity contribution >= 4 is 29.1 Å². The third-order valence-electron chi connectivity index (χ3n) is 4.55. The number of nitrogens with one attached hydrogen (secondary N) is 1. The Bertz CT molecular complexity index is 742. The molecule has 1 aromatic heterocycles. The third kappa shape index (κ3) is 4.54. The van der Waals surface area contributed by atoms with Crippen molar-refractivity contribution in [2.45, 2.75) is 13.0 Å². The Labute approximate surface area is 163 Å². The van der Waals surface area contributed by atoms with Gasteiger partial charge in [-0.1, -0.05) is 29.3 Å². The van der Waals surface area contributed by atoms with Crippen molar-refractivity contribution in [2.75, 3.05) is 32.8 Å². The number of halogens is 2. The highest BCUT2D eigenvalue weighted by atomic mass is 35.5. The molecule has 1 aliphatic rings. The molecule has 138 valence electrons. The van der Waals surface area contributed by atoms with Crippen LogP contribution in [0.15, 0.2) is 36.7 Å². The highest BCUT2D eigenvalue weighted by Crippen LogP contribution is 2.26. The van der Waals surface area contributed by atoms with E-state index in [9.17, 15) is 4.79 Å². The maximum atomic E-state index is 12.6. The molecule has 1 N–H and O–H groups in total. The van der Waals surface area contributed by atoms with Crippen LogP contribution in [0.5, 0.6) is 0 Å². The summed E-state index contributed by atoms with van der Waals surface area (Å²) in [5.74, 6) is -0.198. The molecule has 1 aliphatic heterocycles. The van der Waals surface area contributed by atoms with Gasteiger partial charge in [0.2, 0.25) is 0 Å². The molecule has 1 aromatic carbocycles. The van der Waals surface area contributed by atoms with Crippen LogP contribution >= 0.6 is 23.2 Å². The predicted molar refractivity (Wildman–Crippen MR) is 103 cm³/mol. The molecule has 1 atom stereocenters. The zero-order valence-corrected chi connectivity index (χ0v) is 16.1. The van der Waals surface area contributed by atoms with Crippen LogP contribution in [0.1, 0.15) is 27.5 Å². The third-order valence-corrected chi connectivity index (χ3v) is 5.34. The molecule has 0 unspecified atom stereocenters. The molecule has 1 saturated heterocycles. The van der Waals surface area contributed by atoms with Crippen molar-refractivity contribution < 1.29 is 9.53 Å². The molecule has 3 rings (SSSR count). The fourth-order valence-electron chi connectivity index (χ4n) is 2.99. The first-order valence-electron chi connectivity index (χ1n) is 8.52. The van der Waals surface area contributed by atoms with Gasteiger partial charge in [-0.3, -0.25) is 14.7 Å². The standard InChI is InChI=1S/C19H21Cl2N3O2/c1-13-16(20)9-15(10-17(13)21)19(25)23-12-18(14-3-2-4-22-11-14)24-5-7-26-8-6-24/h2-4,9-11,18H,5-8,12H2,1H3,(H,23,25)/t18-/m0/s1. The molecule has 0 spiro atoms. The van der Waals surface area contributed by atoms with Crippen molar-refractivity contribution in [1.29, 1.82) is 0 Å². The predicted octanol–water partition coefficient (Wildman–Crippen LogP) is 3.50. The number of rotatable bonds is 5. The lowest BCUT2D eigenvalue weighted by Gasteiger charge is -2.34. The molecular formula is C19H21Cl2N3O2. The highest BCUT2D eigenvalue weighted by molar-refractivity contribution is 6.36. The second-order valence-corrected chi connectivity index (χ2v) is 7.04. The number of amides is 1. The summed E-state index contributed by atoms with van der Waals surface area (Å²) in [6.45, 7) is 5.30. The number of pyridine rings is 1. The van der Waals surface area contributed by atoms with Gasteiger partial charge in [-0.2, -0.15) is 0 Å². The summed E-state index contributed by atoms with van der Waals surface area (Å²) in [6, 6.07) is 7.26. The average Bonchev–Trinajstić information content (AvgIpc) is 2.67. The fraction of sp³-hybridized carbons (Fsp3) is 0.368. The zero-order valence-electron chi connectivity index (χ0n) is 14.5. The molecule has 0 saturated carbocycles. The number of hydrogen-bond donors (Lipinski definition) is 1. The van der Waals surface area contributed by atoms with Crippen molar-refractivity contribution in [3.8, 4) is 0 Å². The Morgan fingerprint density at radius 1 is 1.31 bits per heavy atom. The maximum absolute atomic E-state index is 12.6. The molecule has 0 radical (unpaired) electrons. The lowest BCUT2D eigenvalue weighted by Crippen LogP contribution is -2.43. The van der Waals surface area contributed by atoms with Crippen LogP contribution in [-0.2, 0) is 4.74 Å². The minimum Gasteiger partial charge on any atom is -0.379 e. The summed E-state index contributed by atoms with van der Waals surface area (Å²) in [6.07, 6.45) is 3.58. The topological polar surface area (TPSA) is 54.5 Å². The van der Waals surface area contributed by atoms with Gasteiger partial charge >= 0.3 is 0 Å². The molecular weight excluding hydrogens is 373 g/mol. The van der Waals surface area contributed by atoms with Gasteiger partial charge in [0.15, 0.2) is 0 Å². The SMILES string of the molecule is Cc1c(Cl)cc(C(=O)NC[C@@H](c2cccnc2)N2CCOCC2)cc1Cl. The molecule has 2 heterocycles. The number of ether oxygens (including phenoxy) is 1. The van der Waals surface area contributed by atoms with Gasteiger partial charge < -0.3 is 10.1 Å². The molecule has 2 aromatic rings. The van der Waals surface area contributed by atoms with E-state index in [1.807, 2.05) is 25.3 Å². The van der Waals surface area contributed by atoms with Crippen molar-refractivity contribution in [1.82, 2.24) is 15.2 Å². The van der Waals surface area contributed by atoms with E-state index in [1.54, 1.807) is 18.3 Å². The van der Waals surface area contributed by atoms with Crippen LogP contribution in [-0.4, -0.2) is 48.6 Å². The monoisotopic (exact) mass is 393 g/mol. The summed E-state index contributed by atoms with van der Waals surface area (Å²) in [4.78, 5) is 19.1. The summed E-state index contributed by atoms with van der Waals surface area (Å²) >= 11 is 12.3. The van der Waals surface area contributed by atoms with Crippen LogP contribution in [0.3, 0.4) is 0 Å². The average molecular weight is 394 g/mol. The molecule has 1 amide bonds. The number of carbonyl (C=O) groups is 1. The Balaban J connectivity index is 1.74. The molecule has 5 nitrogen and oxygen atoms in total. The first-order chi connectivity index (χ1) is 12.6. The molecule has 26 heavy (non-hydrogen) atoms. The summed E-state index contributed by atoms with van der Waals surface area (Å²) in [5.41, 5.74) is 2.29. The largest absolute Gasteiger partial charge is 0.379 e. The number of aromatic nitrogens is 1.